The third kappa shape index (κ3) is 3.59. The van der Waals surface area contributed by atoms with Crippen LogP contribution in [0.2, 0.25) is 0 Å². The number of fused-ring (bicyclic) bond motifs is 1. The summed E-state index contributed by atoms with van der Waals surface area (Å²) in [7, 11) is 0. The van der Waals surface area contributed by atoms with Gasteiger partial charge in [-0.1, -0.05) is 51.0 Å². The number of aryl methyl sites for hydroxylation is 2. The molecule has 31 heavy (non-hydrogen) atoms. The quantitative estimate of drug-likeness (QED) is 0.685. The first-order valence-electron chi connectivity index (χ1n) is 11.0. The summed E-state index contributed by atoms with van der Waals surface area (Å²) >= 11 is 0. The molecule has 1 heterocycles. The van der Waals surface area contributed by atoms with Crippen LogP contribution in [0.25, 0.3) is 0 Å². The maximum atomic E-state index is 13.7. The summed E-state index contributed by atoms with van der Waals surface area (Å²) in [6.07, 6.45) is 3.04. The number of anilines is 2. The smallest absolute Gasteiger partial charge is 0.329 e. The summed E-state index contributed by atoms with van der Waals surface area (Å²) in [5.41, 5.74) is 1.16. The molecule has 0 bridgehead atoms. The van der Waals surface area contributed by atoms with E-state index >= 15 is 0 Å². The molecule has 2 aromatic carbocycles. The van der Waals surface area contributed by atoms with Gasteiger partial charge in [0.15, 0.2) is 0 Å². The highest BCUT2D eigenvalue weighted by atomic mass is 16.3. The average Bonchev–Trinajstić information content (AvgIpc) is 2.74. The minimum absolute atomic E-state index is 0.0426. The van der Waals surface area contributed by atoms with Crippen LogP contribution < -0.4 is 15.5 Å². The number of para-hydroxylation sites is 1. The first kappa shape index (κ1) is 21.4. The Morgan fingerprint density at radius 2 is 1.87 bits per heavy atom. The molecule has 0 spiro atoms. The molecule has 0 aromatic heterocycles. The van der Waals surface area contributed by atoms with E-state index in [4.69, 9.17) is 0 Å². The predicted octanol–water partition coefficient (Wildman–Crippen LogP) is 4.44. The van der Waals surface area contributed by atoms with Crippen LogP contribution in [0.3, 0.4) is 0 Å². The minimum atomic E-state index is -2.15. The topological polar surface area (TPSA) is 81.7 Å². The number of urea groups is 1. The molecule has 2 aliphatic rings. The molecule has 1 fully saturated rings. The number of amides is 3. The van der Waals surface area contributed by atoms with Crippen LogP contribution in [0.1, 0.15) is 49.8 Å². The van der Waals surface area contributed by atoms with Crippen LogP contribution in [0.5, 0.6) is 0 Å². The summed E-state index contributed by atoms with van der Waals surface area (Å²) in [5, 5.41) is 17.9. The molecule has 4 atom stereocenters. The summed E-state index contributed by atoms with van der Waals surface area (Å²) in [6, 6.07) is 11.8. The Labute approximate surface area is 183 Å². The molecule has 6 nitrogen and oxygen atoms in total. The number of carbonyl (C=O) groups excluding carboxylic acids is 2. The number of nitrogens with one attached hydrogen (secondary N) is 2. The molecule has 4 rings (SSSR count). The summed E-state index contributed by atoms with van der Waals surface area (Å²) in [4.78, 5) is 28.0. The van der Waals surface area contributed by atoms with Crippen molar-refractivity contribution in [1.82, 2.24) is 5.32 Å². The Balaban J connectivity index is 1.79. The highest BCUT2D eigenvalue weighted by molar-refractivity contribution is 6.11. The van der Waals surface area contributed by atoms with Crippen LogP contribution >= 0.6 is 0 Å². The van der Waals surface area contributed by atoms with Gasteiger partial charge in [0.1, 0.15) is 0 Å². The van der Waals surface area contributed by atoms with Crippen molar-refractivity contribution in [3.63, 3.8) is 0 Å². The normalized spacial score (nSPS) is 28.0. The fourth-order valence-corrected chi connectivity index (χ4v) is 4.78. The zero-order chi connectivity index (χ0) is 22.3. The van der Waals surface area contributed by atoms with Crippen molar-refractivity contribution in [3.05, 3.63) is 59.2 Å². The number of aliphatic hydroxyl groups is 1. The fourth-order valence-electron chi connectivity index (χ4n) is 4.78. The van der Waals surface area contributed by atoms with Crippen LogP contribution in [-0.4, -0.2) is 23.1 Å². The monoisotopic (exact) mass is 421 g/mol. The van der Waals surface area contributed by atoms with E-state index in [1.807, 2.05) is 26.0 Å². The van der Waals surface area contributed by atoms with E-state index in [-0.39, 0.29) is 6.04 Å². The third-order valence-electron chi connectivity index (χ3n) is 7.16. The number of hydrogen-bond acceptors (Lipinski definition) is 3. The van der Waals surface area contributed by atoms with Crippen molar-refractivity contribution in [2.75, 3.05) is 10.2 Å². The van der Waals surface area contributed by atoms with Gasteiger partial charge in [-0.15, -0.1) is 0 Å². The van der Waals surface area contributed by atoms with Crippen LogP contribution in [0, 0.1) is 25.7 Å². The van der Waals surface area contributed by atoms with Gasteiger partial charge >= 0.3 is 6.03 Å². The molecule has 164 valence electrons. The lowest BCUT2D eigenvalue weighted by atomic mass is 9.78. The van der Waals surface area contributed by atoms with E-state index in [0.717, 1.165) is 30.4 Å². The number of nitrogens with zero attached hydrogens (tertiary/aromatic N) is 1. The van der Waals surface area contributed by atoms with Crippen LogP contribution in [0.4, 0.5) is 16.2 Å². The first-order valence-corrected chi connectivity index (χ1v) is 11.0. The molecule has 1 saturated carbocycles. The molecular weight excluding hydrogens is 390 g/mol. The molecular formula is C25H31N3O3. The van der Waals surface area contributed by atoms with Gasteiger partial charge in [-0.25, -0.2) is 4.79 Å². The molecule has 2 aromatic rings. The second-order valence-corrected chi connectivity index (χ2v) is 9.10. The first-order chi connectivity index (χ1) is 14.7. The second-order valence-electron chi connectivity index (χ2n) is 9.10. The van der Waals surface area contributed by atoms with Gasteiger partial charge in [-0.2, -0.15) is 0 Å². The van der Waals surface area contributed by atoms with E-state index in [9.17, 15) is 14.7 Å². The highest BCUT2D eigenvalue weighted by Gasteiger charge is 2.52. The lowest BCUT2D eigenvalue weighted by molar-refractivity contribution is -0.141. The number of benzene rings is 2. The lowest BCUT2D eigenvalue weighted by Crippen LogP contribution is -2.64. The molecule has 3 N–H and O–H groups in total. The highest BCUT2D eigenvalue weighted by Crippen LogP contribution is 2.41. The zero-order valence-electron chi connectivity index (χ0n) is 18.6. The number of rotatable bonds is 3. The number of hydrogen-bond donors (Lipinski definition) is 3. The van der Waals surface area contributed by atoms with E-state index in [1.165, 1.54) is 4.90 Å². The van der Waals surface area contributed by atoms with Gasteiger partial charge in [0.05, 0.1) is 5.69 Å². The molecule has 1 aliphatic carbocycles. The maximum Gasteiger partial charge on any atom is 0.329 e. The molecule has 1 aliphatic heterocycles. The molecule has 0 unspecified atom stereocenters. The second kappa shape index (κ2) is 8.00. The average molecular weight is 422 g/mol. The predicted molar refractivity (Wildman–Crippen MR) is 122 cm³/mol. The fraction of sp³-hybridized carbons (Fsp3) is 0.440. The van der Waals surface area contributed by atoms with E-state index in [2.05, 4.69) is 24.5 Å². The van der Waals surface area contributed by atoms with Crippen molar-refractivity contribution in [3.8, 4) is 0 Å². The molecule has 0 radical (unpaired) electrons. The van der Waals surface area contributed by atoms with Gasteiger partial charge in [0.25, 0.3) is 11.6 Å². The Bertz CT molecular complexity index is 1020. The zero-order valence-corrected chi connectivity index (χ0v) is 18.6. The van der Waals surface area contributed by atoms with Crippen molar-refractivity contribution >= 4 is 23.3 Å². The minimum Gasteiger partial charge on any atom is -0.359 e. The molecule has 0 saturated heterocycles. The van der Waals surface area contributed by atoms with Crippen LogP contribution in [0.15, 0.2) is 42.5 Å². The van der Waals surface area contributed by atoms with Gasteiger partial charge in [-0.05, 0) is 61.4 Å². The van der Waals surface area contributed by atoms with Gasteiger partial charge in [0.2, 0.25) is 0 Å². The van der Waals surface area contributed by atoms with E-state index < -0.39 is 17.7 Å². The Kier molecular flexibility index (Phi) is 5.52. The standard InChI is InChI=1S/C25H31N3O3/c1-15-12-13-19(14-17(15)3)28-24(30)27-22-10-6-5-9-20(22)25(28,31)23(29)26-21-11-7-8-16(2)18(21)4/h5-6,9-10,12-14,16,18,21,31H,7-8,11H2,1-4H3,(H,26,29)(H,27,30)/t16-,18-,21+,25-/m0/s1. The summed E-state index contributed by atoms with van der Waals surface area (Å²) in [5.74, 6) is 0.217. The molecule has 3 amide bonds. The number of carbonyl (C=O) groups is 2. The Hall–Kier alpha value is -2.86. The van der Waals surface area contributed by atoms with Crippen molar-refractivity contribution < 1.29 is 14.7 Å². The van der Waals surface area contributed by atoms with E-state index in [1.54, 1.807) is 30.3 Å². The van der Waals surface area contributed by atoms with Crippen molar-refractivity contribution in [2.45, 2.75) is 58.7 Å². The molecule has 6 heteroatoms. The maximum absolute atomic E-state index is 13.7. The van der Waals surface area contributed by atoms with Crippen LogP contribution in [-0.2, 0) is 10.5 Å². The van der Waals surface area contributed by atoms with Gasteiger partial charge in [-0.3, -0.25) is 9.69 Å². The van der Waals surface area contributed by atoms with E-state index in [0.29, 0.717) is 28.8 Å². The third-order valence-corrected chi connectivity index (χ3v) is 7.16. The van der Waals surface area contributed by atoms with Gasteiger partial charge in [0, 0.05) is 17.3 Å². The summed E-state index contributed by atoms with van der Waals surface area (Å²) in [6.45, 7) is 8.26. The largest absolute Gasteiger partial charge is 0.359 e. The van der Waals surface area contributed by atoms with Crippen molar-refractivity contribution in [1.29, 1.82) is 0 Å². The van der Waals surface area contributed by atoms with Crippen molar-refractivity contribution in [2.24, 2.45) is 11.8 Å². The Morgan fingerprint density at radius 1 is 1.13 bits per heavy atom. The summed E-state index contributed by atoms with van der Waals surface area (Å²) < 4.78 is 0. The lowest BCUT2D eigenvalue weighted by Gasteiger charge is -2.44. The van der Waals surface area contributed by atoms with Gasteiger partial charge < -0.3 is 15.7 Å². The Morgan fingerprint density at radius 3 is 2.61 bits per heavy atom. The SMILES string of the molecule is Cc1ccc(N2C(=O)Nc3ccccc3[C@]2(O)C(=O)N[C@@H]2CCC[C@H](C)[C@@H]2C)cc1C.